The summed E-state index contributed by atoms with van der Waals surface area (Å²) >= 11 is 0. The van der Waals surface area contributed by atoms with Gasteiger partial charge in [-0.15, -0.1) is 0 Å². The monoisotopic (exact) mass is 448 g/mol. The minimum Gasteiger partial charge on any atom is -0.508 e. The van der Waals surface area contributed by atoms with Crippen molar-refractivity contribution in [1.29, 1.82) is 0 Å². The van der Waals surface area contributed by atoms with Crippen LogP contribution >= 0.6 is 0 Å². The Morgan fingerprint density at radius 1 is 0.879 bits per heavy atom. The van der Waals surface area contributed by atoms with Crippen LogP contribution in [0.4, 0.5) is 11.9 Å². The quantitative estimate of drug-likeness (QED) is 0.458. The van der Waals surface area contributed by atoms with E-state index in [1.54, 1.807) is 12.1 Å². The molecule has 174 valence electrons. The van der Waals surface area contributed by atoms with Crippen molar-refractivity contribution in [3.63, 3.8) is 0 Å². The molecule has 1 aromatic heterocycles. The van der Waals surface area contributed by atoms with Crippen LogP contribution in [0.3, 0.4) is 0 Å². The van der Waals surface area contributed by atoms with Gasteiger partial charge >= 0.3 is 6.01 Å². The van der Waals surface area contributed by atoms with Gasteiger partial charge in [0.2, 0.25) is 11.9 Å². The molecule has 0 spiro atoms. The number of nitrogens with one attached hydrogen (secondary N) is 1. The molecule has 0 unspecified atom stereocenters. The fourth-order valence-corrected chi connectivity index (χ4v) is 3.70. The Bertz CT molecular complexity index is 992. The Morgan fingerprint density at radius 2 is 1.61 bits per heavy atom. The zero-order chi connectivity index (χ0) is 22.9. The zero-order valence-corrected chi connectivity index (χ0v) is 19.2. The highest BCUT2D eigenvalue weighted by Crippen LogP contribution is 2.17. The standard InChI is InChI=1S/C25H32N6O2/c1-30-15-17-31(18-16-30)24-27-23(26-14-13-21-9-11-22(32)12-10-21)28-25(29-24)33-19-5-8-20-6-3-2-4-7-20/h2-4,6-7,9-12,32H,5,8,13-19H2,1H3,(H,26,27,28,29). The summed E-state index contributed by atoms with van der Waals surface area (Å²) in [5, 5.41) is 12.8. The summed E-state index contributed by atoms with van der Waals surface area (Å²) in [6.45, 7) is 4.92. The molecule has 2 N–H and O–H groups in total. The molecule has 1 saturated heterocycles. The molecule has 4 rings (SSSR count). The number of rotatable bonds is 10. The smallest absolute Gasteiger partial charge is 0.323 e. The third-order valence-electron chi connectivity index (χ3n) is 5.71. The largest absolute Gasteiger partial charge is 0.508 e. The molecule has 2 aromatic carbocycles. The molecule has 1 aliphatic heterocycles. The first-order valence-corrected chi connectivity index (χ1v) is 11.5. The van der Waals surface area contributed by atoms with Crippen LogP contribution in [-0.4, -0.2) is 71.3 Å². The van der Waals surface area contributed by atoms with Crippen LogP contribution in [-0.2, 0) is 12.8 Å². The van der Waals surface area contributed by atoms with Crippen molar-refractivity contribution in [2.24, 2.45) is 0 Å². The second-order valence-corrected chi connectivity index (χ2v) is 8.31. The number of aromatic hydroxyl groups is 1. The number of aryl methyl sites for hydroxylation is 1. The van der Waals surface area contributed by atoms with Gasteiger partial charge in [0.15, 0.2) is 0 Å². The molecule has 3 aromatic rings. The molecule has 8 heteroatoms. The van der Waals surface area contributed by atoms with Gasteiger partial charge in [0.05, 0.1) is 6.61 Å². The molecule has 8 nitrogen and oxygen atoms in total. The number of piperazine rings is 1. The number of nitrogens with zero attached hydrogens (tertiary/aromatic N) is 5. The van der Waals surface area contributed by atoms with Crippen LogP contribution in [0.1, 0.15) is 17.5 Å². The number of benzene rings is 2. The van der Waals surface area contributed by atoms with Crippen LogP contribution in [0.15, 0.2) is 54.6 Å². The summed E-state index contributed by atoms with van der Waals surface area (Å²) in [7, 11) is 2.13. The predicted molar refractivity (Wildman–Crippen MR) is 130 cm³/mol. The molecule has 0 atom stereocenters. The van der Waals surface area contributed by atoms with Crippen LogP contribution in [0, 0.1) is 0 Å². The van der Waals surface area contributed by atoms with E-state index in [2.05, 4.69) is 61.4 Å². The SMILES string of the molecule is CN1CCN(c2nc(NCCc3ccc(O)cc3)nc(OCCCc3ccccc3)n2)CC1. The van der Waals surface area contributed by atoms with E-state index in [1.807, 2.05) is 18.2 Å². The van der Waals surface area contributed by atoms with E-state index in [9.17, 15) is 5.11 Å². The van der Waals surface area contributed by atoms with Crippen LogP contribution in [0.2, 0.25) is 0 Å². The lowest BCUT2D eigenvalue weighted by Crippen LogP contribution is -2.45. The average Bonchev–Trinajstić information content (AvgIpc) is 2.84. The van der Waals surface area contributed by atoms with E-state index in [0.717, 1.165) is 51.0 Å². The van der Waals surface area contributed by atoms with Gasteiger partial charge in [0.1, 0.15) is 5.75 Å². The van der Waals surface area contributed by atoms with Gasteiger partial charge in [-0.25, -0.2) is 0 Å². The second kappa shape index (κ2) is 11.5. The highest BCUT2D eigenvalue weighted by Gasteiger charge is 2.19. The molecule has 0 amide bonds. The lowest BCUT2D eigenvalue weighted by atomic mass is 10.1. The third-order valence-corrected chi connectivity index (χ3v) is 5.71. The minimum atomic E-state index is 0.273. The van der Waals surface area contributed by atoms with Gasteiger partial charge in [-0.1, -0.05) is 42.5 Å². The van der Waals surface area contributed by atoms with E-state index < -0.39 is 0 Å². The van der Waals surface area contributed by atoms with Gasteiger partial charge in [0, 0.05) is 32.7 Å². The summed E-state index contributed by atoms with van der Waals surface area (Å²) in [6, 6.07) is 18.0. The fourth-order valence-electron chi connectivity index (χ4n) is 3.70. The molecule has 0 aliphatic carbocycles. The maximum atomic E-state index is 9.45. The van der Waals surface area contributed by atoms with Crippen molar-refractivity contribution in [3.8, 4) is 11.8 Å². The van der Waals surface area contributed by atoms with Crippen molar-refractivity contribution in [1.82, 2.24) is 19.9 Å². The van der Waals surface area contributed by atoms with Gasteiger partial charge in [-0.05, 0) is 49.6 Å². The normalized spacial score (nSPS) is 14.3. The highest BCUT2D eigenvalue weighted by atomic mass is 16.5. The maximum Gasteiger partial charge on any atom is 0.323 e. The van der Waals surface area contributed by atoms with Crippen molar-refractivity contribution in [3.05, 3.63) is 65.7 Å². The van der Waals surface area contributed by atoms with Crippen LogP contribution in [0.5, 0.6) is 11.8 Å². The number of anilines is 2. The molecule has 33 heavy (non-hydrogen) atoms. The van der Waals surface area contributed by atoms with E-state index in [-0.39, 0.29) is 5.75 Å². The lowest BCUT2D eigenvalue weighted by Gasteiger charge is -2.32. The highest BCUT2D eigenvalue weighted by molar-refractivity contribution is 5.39. The topological polar surface area (TPSA) is 86.6 Å². The predicted octanol–water partition coefficient (Wildman–Crippen LogP) is 3.00. The third kappa shape index (κ3) is 7.05. The van der Waals surface area contributed by atoms with E-state index in [1.165, 1.54) is 5.56 Å². The number of phenolic OH excluding ortho intramolecular Hbond substituents is 1. The zero-order valence-electron chi connectivity index (χ0n) is 19.2. The molecular formula is C25H32N6O2. The van der Waals surface area contributed by atoms with Crippen LogP contribution < -0.4 is 15.0 Å². The molecular weight excluding hydrogens is 416 g/mol. The summed E-state index contributed by atoms with van der Waals surface area (Å²) < 4.78 is 5.93. The Hall–Kier alpha value is -3.39. The molecule has 2 heterocycles. The lowest BCUT2D eigenvalue weighted by molar-refractivity contribution is 0.284. The molecule has 0 radical (unpaired) electrons. The summed E-state index contributed by atoms with van der Waals surface area (Å²) in [4.78, 5) is 18.2. The van der Waals surface area contributed by atoms with Gasteiger partial charge in [0.25, 0.3) is 0 Å². The summed E-state index contributed by atoms with van der Waals surface area (Å²) in [6.07, 6.45) is 2.64. The molecule has 1 fully saturated rings. The minimum absolute atomic E-state index is 0.273. The maximum absolute atomic E-state index is 9.45. The fraction of sp³-hybridized carbons (Fsp3) is 0.400. The van der Waals surface area contributed by atoms with Crippen molar-refractivity contribution in [2.45, 2.75) is 19.3 Å². The van der Waals surface area contributed by atoms with Crippen molar-refractivity contribution in [2.75, 3.05) is 56.6 Å². The Labute approximate surface area is 195 Å². The van der Waals surface area contributed by atoms with E-state index >= 15 is 0 Å². The van der Waals surface area contributed by atoms with E-state index in [4.69, 9.17) is 4.74 Å². The van der Waals surface area contributed by atoms with Gasteiger partial charge < -0.3 is 25.0 Å². The summed E-state index contributed by atoms with van der Waals surface area (Å²) in [5.41, 5.74) is 2.43. The number of likely N-dealkylation sites (N-methyl/N-ethyl adjacent to an activating group) is 1. The number of ether oxygens (including phenoxy) is 1. The number of phenols is 1. The Balaban J connectivity index is 1.38. The van der Waals surface area contributed by atoms with Gasteiger partial charge in [-0.3, -0.25) is 0 Å². The van der Waals surface area contributed by atoms with Crippen LogP contribution in [0.25, 0.3) is 0 Å². The first-order valence-electron chi connectivity index (χ1n) is 11.5. The summed E-state index contributed by atoms with van der Waals surface area (Å²) in [5.74, 6) is 1.45. The number of hydrogen-bond donors (Lipinski definition) is 2. The molecule has 1 aliphatic rings. The first kappa shape index (κ1) is 22.8. The second-order valence-electron chi connectivity index (χ2n) is 8.31. The number of aromatic nitrogens is 3. The van der Waals surface area contributed by atoms with Crippen molar-refractivity contribution >= 4 is 11.9 Å². The number of hydrogen-bond acceptors (Lipinski definition) is 8. The van der Waals surface area contributed by atoms with E-state index in [0.29, 0.717) is 31.1 Å². The first-order chi connectivity index (χ1) is 16.2. The Kier molecular flexibility index (Phi) is 7.92. The van der Waals surface area contributed by atoms with Gasteiger partial charge in [-0.2, -0.15) is 15.0 Å². The molecule has 0 bridgehead atoms. The van der Waals surface area contributed by atoms with Crippen molar-refractivity contribution < 1.29 is 9.84 Å². The Morgan fingerprint density at radius 3 is 2.36 bits per heavy atom. The molecule has 0 saturated carbocycles. The average molecular weight is 449 g/mol.